The minimum Gasteiger partial charge on any atom is -0.394 e. The molecule has 0 amide bonds. The van der Waals surface area contributed by atoms with Gasteiger partial charge in [0.25, 0.3) is 0 Å². The summed E-state index contributed by atoms with van der Waals surface area (Å²) in [5.41, 5.74) is 5.46. The van der Waals surface area contributed by atoms with Crippen LogP contribution in [0, 0.1) is 0 Å². The number of aliphatic hydroxyl groups is 7. The molecule has 0 aromatic rings. The fourth-order valence-corrected chi connectivity index (χ4v) is 2.62. The summed E-state index contributed by atoms with van der Waals surface area (Å²) in [6, 6.07) is 0. The molecular weight excluding hydrogens is 318 g/mol. The van der Waals surface area contributed by atoms with Crippen LogP contribution in [0.2, 0.25) is 0 Å². The van der Waals surface area contributed by atoms with Crippen LogP contribution in [0.3, 0.4) is 0 Å². The molecule has 136 valence electrons. The lowest BCUT2D eigenvalue weighted by Gasteiger charge is -2.45. The smallest absolute Gasteiger partial charge is 0.187 e. The van der Waals surface area contributed by atoms with E-state index >= 15 is 0 Å². The summed E-state index contributed by atoms with van der Waals surface area (Å²) in [4.78, 5) is 0. The van der Waals surface area contributed by atoms with Crippen LogP contribution in [0.1, 0.15) is 0 Å². The van der Waals surface area contributed by atoms with Crippen LogP contribution in [0.4, 0.5) is 0 Å². The van der Waals surface area contributed by atoms with Crippen LogP contribution >= 0.6 is 0 Å². The maximum Gasteiger partial charge on any atom is 0.187 e. The molecular formula is C12H23NO10. The van der Waals surface area contributed by atoms with E-state index in [1.807, 2.05) is 0 Å². The third kappa shape index (κ3) is 3.65. The number of ether oxygens (including phenoxy) is 3. The molecule has 10 atom stereocenters. The average molecular weight is 341 g/mol. The minimum absolute atomic E-state index is 0.598. The molecule has 2 aliphatic heterocycles. The Hall–Kier alpha value is -0.440. The van der Waals surface area contributed by atoms with E-state index in [9.17, 15) is 30.6 Å². The normalized spacial score (nSPS) is 51.7. The van der Waals surface area contributed by atoms with E-state index in [1.165, 1.54) is 0 Å². The Balaban J connectivity index is 2.11. The van der Waals surface area contributed by atoms with E-state index in [0.29, 0.717) is 0 Å². The zero-order chi connectivity index (χ0) is 17.3. The summed E-state index contributed by atoms with van der Waals surface area (Å²) in [5.74, 6) is 0. The zero-order valence-electron chi connectivity index (χ0n) is 12.1. The summed E-state index contributed by atoms with van der Waals surface area (Å²) in [5, 5.41) is 67.4. The summed E-state index contributed by atoms with van der Waals surface area (Å²) in [6.07, 6.45) is -14.4. The highest BCUT2D eigenvalue weighted by Gasteiger charge is 2.49. The molecule has 0 unspecified atom stereocenters. The topological polar surface area (TPSA) is 195 Å². The number of hydrogen-bond acceptors (Lipinski definition) is 11. The molecule has 0 radical (unpaired) electrons. The third-order valence-electron chi connectivity index (χ3n) is 4.04. The standard InChI is InChI=1S/C12H23NO10/c13-11-8(19)7(18)10(4(2-15)21-11)23-12-9(20)6(17)5(16)3(1-14)22-12/h3-12,14-20H,1-2,13H2/t3-,4-,5-,6+,7-,8-,9-,10-,11-,12-/m1/s1. The predicted molar refractivity (Wildman–Crippen MR) is 70.6 cm³/mol. The quantitative estimate of drug-likeness (QED) is 0.243. The van der Waals surface area contributed by atoms with E-state index in [2.05, 4.69) is 0 Å². The van der Waals surface area contributed by atoms with Crippen molar-refractivity contribution >= 4 is 0 Å². The Kier molecular flexibility index (Phi) is 6.27. The second-order valence-corrected chi connectivity index (χ2v) is 5.60. The molecule has 11 nitrogen and oxygen atoms in total. The van der Waals surface area contributed by atoms with Crippen LogP contribution in [0.5, 0.6) is 0 Å². The molecule has 0 aliphatic carbocycles. The van der Waals surface area contributed by atoms with Crippen molar-refractivity contribution in [3.05, 3.63) is 0 Å². The van der Waals surface area contributed by atoms with Gasteiger partial charge < -0.3 is 55.7 Å². The Bertz CT molecular complexity index is 383. The number of hydrogen-bond donors (Lipinski definition) is 8. The first kappa shape index (κ1) is 18.9. The van der Waals surface area contributed by atoms with Gasteiger partial charge in [-0.2, -0.15) is 0 Å². The molecule has 11 heteroatoms. The van der Waals surface area contributed by atoms with Gasteiger partial charge in [-0.1, -0.05) is 0 Å². The second-order valence-electron chi connectivity index (χ2n) is 5.60. The predicted octanol–water partition coefficient (Wildman–Crippen LogP) is -5.43. The average Bonchev–Trinajstić information content (AvgIpc) is 2.55. The fraction of sp³-hybridized carbons (Fsp3) is 1.00. The van der Waals surface area contributed by atoms with Gasteiger partial charge in [0.05, 0.1) is 13.2 Å². The molecule has 2 fully saturated rings. The molecule has 23 heavy (non-hydrogen) atoms. The largest absolute Gasteiger partial charge is 0.394 e. The highest BCUT2D eigenvalue weighted by molar-refractivity contribution is 4.94. The Morgan fingerprint density at radius 3 is 1.91 bits per heavy atom. The summed E-state index contributed by atoms with van der Waals surface area (Å²) >= 11 is 0. The summed E-state index contributed by atoms with van der Waals surface area (Å²) < 4.78 is 15.6. The third-order valence-corrected chi connectivity index (χ3v) is 4.04. The zero-order valence-corrected chi connectivity index (χ0v) is 12.1. The van der Waals surface area contributed by atoms with Crippen molar-refractivity contribution < 1.29 is 50.0 Å². The minimum atomic E-state index is -1.69. The van der Waals surface area contributed by atoms with Gasteiger partial charge in [-0.3, -0.25) is 0 Å². The molecule has 0 saturated carbocycles. The van der Waals surface area contributed by atoms with E-state index < -0.39 is 74.6 Å². The van der Waals surface area contributed by atoms with Crippen LogP contribution in [-0.2, 0) is 14.2 Å². The van der Waals surface area contributed by atoms with Gasteiger partial charge >= 0.3 is 0 Å². The highest BCUT2D eigenvalue weighted by atomic mass is 16.7. The first-order valence-corrected chi connectivity index (χ1v) is 7.15. The SMILES string of the molecule is N[C@@H]1O[C@H](CO)[C@@H](O[C@H]2O[C@H](CO)[C@@H](O)[C@H](O)[C@H]2O)[C@H](O)[C@H]1O. The Labute approximate surface area is 131 Å². The van der Waals surface area contributed by atoms with Crippen molar-refractivity contribution in [2.75, 3.05) is 13.2 Å². The van der Waals surface area contributed by atoms with Crippen molar-refractivity contribution in [2.24, 2.45) is 5.73 Å². The lowest BCUT2D eigenvalue weighted by molar-refractivity contribution is -0.341. The lowest BCUT2D eigenvalue weighted by atomic mass is 9.96. The Morgan fingerprint density at radius 2 is 1.35 bits per heavy atom. The first-order valence-electron chi connectivity index (χ1n) is 7.15. The van der Waals surface area contributed by atoms with Gasteiger partial charge in [0.15, 0.2) is 6.29 Å². The number of nitrogens with two attached hydrogens (primary N) is 1. The van der Waals surface area contributed by atoms with Crippen molar-refractivity contribution in [3.63, 3.8) is 0 Å². The summed E-state index contributed by atoms with van der Waals surface area (Å²) in [7, 11) is 0. The molecule has 0 bridgehead atoms. The van der Waals surface area contributed by atoms with E-state index in [1.54, 1.807) is 0 Å². The van der Waals surface area contributed by atoms with E-state index in [4.69, 9.17) is 25.1 Å². The number of aliphatic hydroxyl groups excluding tert-OH is 7. The van der Waals surface area contributed by atoms with Crippen LogP contribution in [0.25, 0.3) is 0 Å². The van der Waals surface area contributed by atoms with Crippen molar-refractivity contribution in [3.8, 4) is 0 Å². The fourth-order valence-electron chi connectivity index (χ4n) is 2.62. The first-order chi connectivity index (χ1) is 10.8. The molecule has 2 heterocycles. The molecule has 0 spiro atoms. The monoisotopic (exact) mass is 341 g/mol. The van der Waals surface area contributed by atoms with Crippen molar-refractivity contribution in [2.45, 2.75) is 61.3 Å². The van der Waals surface area contributed by atoms with E-state index in [-0.39, 0.29) is 0 Å². The lowest BCUT2D eigenvalue weighted by Crippen LogP contribution is -2.65. The molecule has 9 N–H and O–H groups in total. The molecule has 2 rings (SSSR count). The highest BCUT2D eigenvalue weighted by Crippen LogP contribution is 2.28. The molecule has 0 aromatic carbocycles. The van der Waals surface area contributed by atoms with Gasteiger partial charge in [0.1, 0.15) is 55.1 Å². The summed E-state index contributed by atoms with van der Waals surface area (Å²) in [6.45, 7) is -1.25. The molecule has 2 aliphatic rings. The molecule has 0 aromatic heterocycles. The second kappa shape index (κ2) is 7.63. The van der Waals surface area contributed by atoms with Crippen LogP contribution < -0.4 is 5.73 Å². The van der Waals surface area contributed by atoms with Crippen LogP contribution in [0.15, 0.2) is 0 Å². The van der Waals surface area contributed by atoms with Gasteiger partial charge in [0.2, 0.25) is 0 Å². The van der Waals surface area contributed by atoms with Gasteiger partial charge in [-0.05, 0) is 0 Å². The van der Waals surface area contributed by atoms with Crippen LogP contribution in [-0.4, -0.2) is 110 Å². The maximum absolute atomic E-state index is 10.0. The van der Waals surface area contributed by atoms with Crippen molar-refractivity contribution in [1.29, 1.82) is 0 Å². The van der Waals surface area contributed by atoms with Gasteiger partial charge in [0, 0.05) is 0 Å². The van der Waals surface area contributed by atoms with Gasteiger partial charge in [-0.15, -0.1) is 0 Å². The number of rotatable bonds is 4. The molecule has 2 saturated heterocycles. The van der Waals surface area contributed by atoms with E-state index in [0.717, 1.165) is 0 Å². The van der Waals surface area contributed by atoms with Gasteiger partial charge in [-0.25, -0.2) is 0 Å². The van der Waals surface area contributed by atoms with Crippen molar-refractivity contribution in [1.82, 2.24) is 0 Å². The Morgan fingerprint density at radius 1 is 0.739 bits per heavy atom. The maximum atomic E-state index is 10.0.